The monoisotopic (exact) mass is 114 g/mol. The van der Waals surface area contributed by atoms with Crippen molar-refractivity contribution < 1.29 is 0 Å². The zero-order valence-corrected chi connectivity index (χ0v) is 4.76. The van der Waals surface area contributed by atoms with Gasteiger partial charge in [0.1, 0.15) is 0 Å². The summed E-state index contributed by atoms with van der Waals surface area (Å²) >= 11 is 0. The van der Waals surface area contributed by atoms with Crippen molar-refractivity contribution >= 4 is 22.2 Å². The van der Waals surface area contributed by atoms with E-state index in [4.69, 9.17) is 11.5 Å². The molecule has 0 saturated carbocycles. The maximum atomic E-state index is 6.66. The molecule has 0 fully saturated rings. The molecule has 0 aliphatic rings. The van der Waals surface area contributed by atoms with E-state index in [2.05, 4.69) is 14.3 Å². The van der Waals surface area contributed by atoms with E-state index in [1.54, 1.807) is 0 Å². The average molecular weight is 114 g/mol. The molecule has 0 aliphatic heterocycles. The van der Waals surface area contributed by atoms with Crippen molar-refractivity contribution in [3.05, 3.63) is 0 Å². The van der Waals surface area contributed by atoms with E-state index in [1.165, 1.54) is 0 Å². The van der Waals surface area contributed by atoms with Crippen LogP contribution in [0.4, 0.5) is 0 Å². The van der Waals surface area contributed by atoms with Crippen LogP contribution in [-0.4, -0.2) is 5.45 Å². The van der Waals surface area contributed by atoms with Gasteiger partial charge >= 0.3 is 39.4 Å². The van der Waals surface area contributed by atoms with Gasteiger partial charge < -0.3 is 0 Å². The Morgan fingerprint density at radius 1 is 2.00 bits per heavy atom. The summed E-state index contributed by atoms with van der Waals surface area (Å²) in [5, 5.41) is 6.66. The molecule has 6 heavy (non-hydrogen) atoms. The van der Waals surface area contributed by atoms with Gasteiger partial charge in [-0.2, -0.15) is 0 Å². The molecule has 0 aromatic rings. The van der Waals surface area contributed by atoms with E-state index >= 15 is 0 Å². The van der Waals surface area contributed by atoms with Crippen LogP contribution in [0.1, 0.15) is 0 Å². The molecule has 0 amide bonds. The first-order valence-corrected chi connectivity index (χ1v) is 2.62. The summed E-state index contributed by atoms with van der Waals surface area (Å²) in [7, 11) is 3.96. The zero-order valence-electron chi connectivity index (χ0n) is 2.97. The van der Waals surface area contributed by atoms with Crippen LogP contribution in [0.2, 0.25) is 0 Å². The molecule has 0 aromatic heterocycles. The molecule has 1 nitrogen and oxygen atoms in total. The van der Waals surface area contributed by atoms with Crippen LogP contribution in [0, 0.1) is 17.2 Å². The molecule has 1 N–H and O–H groups in total. The molecule has 0 radical (unpaired) electrons. The Morgan fingerprint density at radius 3 is 2.50 bits per heavy atom. The molecule has 0 aromatic carbocycles. The second-order valence-corrected chi connectivity index (χ2v) is 1.52. The predicted molar refractivity (Wildman–Crippen MR) is 30.4 cm³/mol. The molecule has 0 aliphatic carbocycles. The van der Waals surface area contributed by atoms with Gasteiger partial charge in [0.05, 0.1) is 0 Å². The second-order valence-electron chi connectivity index (χ2n) is 0.590. The van der Waals surface area contributed by atoms with E-state index < -0.39 is 0 Å². The summed E-state index contributed by atoms with van der Waals surface area (Å²) in [6.07, 6.45) is 4.92. The van der Waals surface area contributed by atoms with Crippen LogP contribution in [0.15, 0.2) is 0 Å². The van der Waals surface area contributed by atoms with E-state index in [-0.39, 0.29) is 5.45 Å². The molecule has 0 bridgehead atoms. The van der Waals surface area contributed by atoms with Gasteiger partial charge in [0.25, 0.3) is 0 Å². The normalized spacial score (nSPS) is 5.67. The molecule has 0 saturated heterocycles. The summed E-state index contributed by atoms with van der Waals surface area (Å²) in [6, 6.07) is 0. The Hall–Kier alpha value is 0.0900. The third-order valence-corrected chi connectivity index (χ3v) is 1.01. The Bertz CT molecular complexity index is 120. The maximum absolute atomic E-state index is 6.66. The summed E-state index contributed by atoms with van der Waals surface area (Å²) in [6.45, 7) is 0. The first-order valence-electron chi connectivity index (χ1n) is 1.21. The van der Waals surface area contributed by atoms with Crippen molar-refractivity contribution in [3.8, 4) is 11.8 Å². The minimum absolute atomic E-state index is 0.207. The Balaban J connectivity index is 3.75. The number of hydrogen-bond acceptors (Lipinski definition) is 1. The van der Waals surface area contributed by atoms with Gasteiger partial charge in [-0.3, -0.25) is 0 Å². The average Bonchev–Trinajstić information content (AvgIpc) is 1.65. The van der Waals surface area contributed by atoms with Gasteiger partial charge in [-0.15, -0.1) is 0 Å². The molecular formula is C3H2NP2+. The summed E-state index contributed by atoms with van der Waals surface area (Å²) in [5.74, 6) is 0. The molecule has 0 rings (SSSR count). The quantitative estimate of drug-likeness (QED) is 0.367. The Morgan fingerprint density at radius 2 is 2.50 bits per heavy atom. The van der Waals surface area contributed by atoms with Crippen molar-refractivity contribution in [2.75, 3.05) is 0 Å². The van der Waals surface area contributed by atoms with Crippen LogP contribution >= 0.6 is 16.7 Å². The van der Waals surface area contributed by atoms with Crippen LogP contribution in [0.25, 0.3) is 0 Å². The van der Waals surface area contributed by atoms with Crippen LogP contribution < -0.4 is 0 Å². The van der Waals surface area contributed by atoms with E-state index in [0.29, 0.717) is 8.04 Å². The molecule has 3 heteroatoms. The standard InChI is InChI=1S/C3H2NP2/c1-6-3(4)2-5/h1,4H/q+1. The van der Waals surface area contributed by atoms with Gasteiger partial charge in [0.15, 0.2) is 0 Å². The predicted octanol–water partition coefficient (Wildman–Crippen LogP) is 1.87. The van der Waals surface area contributed by atoms with Gasteiger partial charge in [0.2, 0.25) is 0 Å². The number of nitrogens with one attached hydrogen (secondary N) is 1. The molecular weight excluding hydrogens is 112 g/mol. The summed E-state index contributed by atoms with van der Waals surface area (Å²) in [5.41, 5.74) is 2.46. The van der Waals surface area contributed by atoms with E-state index in [9.17, 15) is 0 Å². The first kappa shape index (κ1) is 6.09. The van der Waals surface area contributed by atoms with Crippen LogP contribution in [0.3, 0.4) is 0 Å². The number of rotatable bonds is 0. The topological polar surface area (TPSA) is 23.9 Å². The van der Waals surface area contributed by atoms with Crippen molar-refractivity contribution in [3.63, 3.8) is 0 Å². The third kappa shape index (κ3) is 2.33. The fourth-order valence-corrected chi connectivity index (χ4v) is 0.260. The van der Waals surface area contributed by atoms with Gasteiger partial charge in [-0.25, -0.2) is 0 Å². The van der Waals surface area contributed by atoms with Crippen molar-refractivity contribution in [1.82, 2.24) is 0 Å². The molecule has 0 unspecified atom stereocenters. The van der Waals surface area contributed by atoms with Crippen molar-refractivity contribution in [2.45, 2.75) is 0 Å². The Labute approximate surface area is 40.2 Å². The second kappa shape index (κ2) is 3.29. The fourth-order valence-electron chi connectivity index (χ4n) is 0.0289. The molecule has 0 heterocycles. The minimum atomic E-state index is 0.207. The first-order chi connectivity index (χ1) is 2.81. The van der Waals surface area contributed by atoms with E-state index in [0.717, 1.165) is 0 Å². The zero-order chi connectivity index (χ0) is 4.99. The molecule has 28 valence electrons. The van der Waals surface area contributed by atoms with E-state index in [1.807, 2.05) is 0 Å². The summed E-state index contributed by atoms with van der Waals surface area (Å²) < 4.78 is 0. The Kier molecular flexibility index (Phi) is 3.34. The number of hydrogen-bond donors (Lipinski definition) is 1. The van der Waals surface area contributed by atoms with Gasteiger partial charge in [0, 0.05) is 0 Å². The van der Waals surface area contributed by atoms with Crippen LogP contribution in [0.5, 0.6) is 0 Å². The van der Waals surface area contributed by atoms with Crippen LogP contribution in [-0.2, 0) is 0 Å². The van der Waals surface area contributed by atoms with Crippen molar-refractivity contribution in [1.29, 1.82) is 5.41 Å². The SMILES string of the molecule is C#[P+]C(=N)C#P. The molecule has 0 spiro atoms. The van der Waals surface area contributed by atoms with Crippen molar-refractivity contribution in [2.24, 2.45) is 0 Å². The van der Waals surface area contributed by atoms with Gasteiger partial charge in [-0.1, -0.05) is 0 Å². The molecule has 0 atom stereocenters. The third-order valence-electron chi connectivity index (χ3n) is 0.235. The van der Waals surface area contributed by atoms with Gasteiger partial charge in [-0.05, 0) is 0 Å². The summed E-state index contributed by atoms with van der Waals surface area (Å²) in [4.78, 5) is 0. The fraction of sp³-hybridized carbons (Fsp3) is 0.